The predicted molar refractivity (Wildman–Crippen MR) is 38.7 cm³/mol. The summed E-state index contributed by atoms with van der Waals surface area (Å²) in [4.78, 5) is 1.34. The molecule has 0 saturated carbocycles. The van der Waals surface area contributed by atoms with Crippen LogP contribution in [-0.4, -0.2) is 9.89 Å². The van der Waals surface area contributed by atoms with Crippen molar-refractivity contribution in [1.82, 2.24) is 9.89 Å². The van der Waals surface area contributed by atoms with Crippen LogP contribution < -0.4 is 5.84 Å². The molecule has 0 aliphatic heterocycles. The second-order valence-electron chi connectivity index (χ2n) is 2.07. The first-order valence-corrected chi connectivity index (χ1v) is 2.97. The molecule has 10 heavy (non-hydrogen) atoms. The molecule has 2 N–H and O–H groups in total. The number of rotatable bonds is 0. The van der Waals surface area contributed by atoms with E-state index in [4.69, 9.17) is 5.84 Å². The van der Waals surface area contributed by atoms with Gasteiger partial charge in [-0.1, -0.05) is 12.1 Å². The minimum Gasteiger partial charge on any atom is -0.323 e. The molecule has 0 aliphatic carbocycles. The van der Waals surface area contributed by atoms with Crippen LogP contribution in [0.5, 0.6) is 0 Å². The Labute approximate surface area is 58.0 Å². The fourth-order valence-electron chi connectivity index (χ4n) is 0.928. The van der Waals surface area contributed by atoms with Crippen LogP contribution in [0, 0.1) is 6.07 Å². The molecule has 0 spiro atoms. The molecule has 2 rings (SSSR count). The Balaban J connectivity index is 2.93. The van der Waals surface area contributed by atoms with E-state index in [1.54, 1.807) is 6.20 Å². The Hall–Kier alpha value is -1.51. The summed E-state index contributed by atoms with van der Waals surface area (Å²) in [6.45, 7) is 0. The van der Waals surface area contributed by atoms with Crippen LogP contribution in [0.4, 0.5) is 0 Å². The third-order valence-corrected chi connectivity index (χ3v) is 1.44. The normalized spacial score (nSPS) is 10.4. The van der Waals surface area contributed by atoms with Crippen molar-refractivity contribution in [2.45, 2.75) is 0 Å². The highest BCUT2D eigenvalue weighted by atomic mass is 15.5. The van der Waals surface area contributed by atoms with E-state index in [1.807, 2.05) is 18.2 Å². The summed E-state index contributed by atoms with van der Waals surface area (Å²) >= 11 is 0. The van der Waals surface area contributed by atoms with Gasteiger partial charge in [0.1, 0.15) is 0 Å². The molecule has 0 bridgehead atoms. The van der Waals surface area contributed by atoms with Crippen molar-refractivity contribution in [2.24, 2.45) is 0 Å². The lowest BCUT2D eigenvalue weighted by Gasteiger charge is -1.89. The van der Waals surface area contributed by atoms with Crippen molar-refractivity contribution < 1.29 is 0 Å². The highest BCUT2D eigenvalue weighted by molar-refractivity contribution is 5.78. The van der Waals surface area contributed by atoms with Gasteiger partial charge in [0.25, 0.3) is 0 Å². The summed E-state index contributed by atoms with van der Waals surface area (Å²) in [6, 6.07) is 8.49. The highest BCUT2D eigenvalue weighted by Gasteiger charge is 1.94. The monoisotopic (exact) mass is 132 g/mol. The Bertz CT molecular complexity index is 350. The number of aromatic nitrogens is 2. The molecule has 3 nitrogen and oxygen atoms in total. The summed E-state index contributed by atoms with van der Waals surface area (Å²) in [5.74, 6) is 5.46. The average molecular weight is 132 g/mol. The van der Waals surface area contributed by atoms with Crippen molar-refractivity contribution in [1.29, 1.82) is 0 Å². The van der Waals surface area contributed by atoms with E-state index >= 15 is 0 Å². The lowest BCUT2D eigenvalue weighted by Crippen LogP contribution is -2.08. The molecule has 0 aliphatic rings. The molecule has 0 amide bonds. The van der Waals surface area contributed by atoms with Gasteiger partial charge in [0, 0.05) is 5.39 Å². The SMILES string of the molecule is Nn1ncc2cc[c]cc21. The fourth-order valence-corrected chi connectivity index (χ4v) is 0.928. The van der Waals surface area contributed by atoms with Crippen LogP contribution in [0.3, 0.4) is 0 Å². The summed E-state index contributed by atoms with van der Waals surface area (Å²) in [5, 5.41) is 4.91. The van der Waals surface area contributed by atoms with E-state index < -0.39 is 0 Å². The zero-order valence-electron chi connectivity index (χ0n) is 5.28. The number of nitrogen functional groups attached to an aromatic ring is 1. The first-order valence-electron chi connectivity index (χ1n) is 2.97. The van der Waals surface area contributed by atoms with Gasteiger partial charge in [-0.3, -0.25) is 0 Å². The van der Waals surface area contributed by atoms with Gasteiger partial charge in [-0.15, -0.1) is 0 Å². The van der Waals surface area contributed by atoms with E-state index in [0.29, 0.717) is 0 Å². The van der Waals surface area contributed by atoms with Crippen LogP contribution in [0.15, 0.2) is 24.4 Å². The van der Waals surface area contributed by atoms with Crippen LogP contribution in [0.2, 0.25) is 0 Å². The maximum Gasteiger partial charge on any atom is 0.0922 e. The Morgan fingerprint density at radius 1 is 1.60 bits per heavy atom. The highest BCUT2D eigenvalue weighted by Crippen LogP contribution is 2.08. The van der Waals surface area contributed by atoms with E-state index in [1.165, 1.54) is 4.79 Å². The van der Waals surface area contributed by atoms with E-state index in [0.717, 1.165) is 10.9 Å². The van der Waals surface area contributed by atoms with E-state index in [2.05, 4.69) is 11.2 Å². The van der Waals surface area contributed by atoms with Gasteiger partial charge in [-0.05, 0) is 12.1 Å². The van der Waals surface area contributed by atoms with Gasteiger partial charge in [-0.25, -0.2) is 0 Å². The molecule has 0 fully saturated rings. The molecular weight excluding hydrogens is 126 g/mol. The topological polar surface area (TPSA) is 43.8 Å². The van der Waals surface area contributed by atoms with Crippen molar-refractivity contribution >= 4 is 10.9 Å². The van der Waals surface area contributed by atoms with Crippen molar-refractivity contribution in [3.63, 3.8) is 0 Å². The zero-order chi connectivity index (χ0) is 6.97. The second kappa shape index (κ2) is 1.73. The number of hydrogen-bond donors (Lipinski definition) is 1. The Kier molecular flexibility index (Phi) is 0.917. The van der Waals surface area contributed by atoms with Crippen LogP contribution in [0.1, 0.15) is 0 Å². The van der Waals surface area contributed by atoms with Crippen LogP contribution >= 0.6 is 0 Å². The van der Waals surface area contributed by atoms with Gasteiger partial charge in [-0.2, -0.15) is 9.89 Å². The summed E-state index contributed by atoms with van der Waals surface area (Å²) < 4.78 is 0. The number of hydrogen-bond acceptors (Lipinski definition) is 2. The molecule has 0 unspecified atom stereocenters. The van der Waals surface area contributed by atoms with Gasteiger partial charge in [0.05, 0.1) is 11.7 Å². The average Bonchev–Trinajstić information content (AvgIpc) is 2.34. The molecule has 1 radical (unpaired) electrons. The number of fused-ring (bicyclic) bond motifs is 1. The van der Waals surface area contributed by atoms with Crippen LogP contribution in [0.25, 0.3) is 10.9 Å². The molecule has 1 aromatic heterocycles. The lowest BCUT2D eigenvalue weighted by atomic mass is 10.3. The molecular formula is C7H6N3. The van der Waals surface area contributed by atoms with Gasteiger partial charge in [0.2, 0.25) is 0 Å². The second-order valence-corrected chi connectivity index (χ2v) is 2.07. The van der Waals surface area contributed by atoms with Gasteiger partial charge in [0.15, 0.2) is 0 Å². The molecule has 49 valence electrons. The van der Waals surface area contributed by atoms with Crippen molar-refractivity contribution in [3.05, 3.63) is 30.5 Å². The minimum absolute atomic E-state index is 0.905. The van der Waals surface area contributed by atoms with E-state index in [9.17, 15) is 0 Å². The lowest BCUT2D eigenvalue weighted by molar-refractivity contribution is 0.862. The van der Waals surface area contributed by atoms with E-state index in [-0.39, 0.29) is 0 Å². The standard InChI is InChI=1S/C7H6N3/c8-10-7-4-2-1-3-6(7)5-9-10/h1,3-5H,8H2. The van der Waals surface area contributed by atoms with Crippen molar-refractivity contribution in [3.8, 4) is 0 Å². The van der Waals surface area contributed by atoms with Crippen LogP contribution in [-0.2, 0) is 0 Å². The summed E-state index contributed by atoms with van der Waals surface area (Å²) in [5.41, 5.74) is 0.905. The third-order valence-electron chi connectivity index (χ3n) is 1.44. The maximum absolute atomic E-state index is 5.46. The van der Waals surface area contributed by atoms with Crippen molar-refractivity contribution in [2.75, 3.05) is 5.84 Å². The number of nitrogens with two attached hydrogens (primary N) is 1. The molecule has 1 aromatic carbocycles. The smallest absolute Gasteiger partial charge is 0.0922 e. The van der Waals surface area contributed by atoms with Gasteiger partial charge >= 0.3 is 0 Å². The first-order chi connectivity index (χ1) is 4.88. The fraction of sp³-hybridized carbons (Fsp3) is 0. The summed E-state index contributed by atoms with van der Waals surface area (Å²) in [6.07, 6.45) is 1.73. The number of benzene rings is 1. The molecule has 3 heteroatoms. The third kappa shape index (κ3) is 0.572. The number of nitrogens with zero attached hydrogens (tertiary/aromatic N) is 2. The predicted octanol–water partition coefficient (Wildman–Crippen LogP) is 0.550. The molecule has 0 saturated heterocycles. The quantitative estimate of drug-likeness (QED) is 0.532. The maximum atomic E-state index is 5.46. The Morgan fingerprint density at radius 3 is 3.30 bits per heavy atom. The zero-order valence-corrected chi connectivity index (χ0v) is 5.28. The largest absolute Gasteiger partial charge is 0.323 e. The minimum atomic E-state index is 0.905. The Morgan fingerprint density at radius 2 is 2.50 bits per heavy atom. The summed E-state index contributed by atoms with van der Waals surface area (Å²) in [7, 11) is 0. The molecule has 1 heterocycles. The van der Waals surface area contributed by atoms with Gasteiger partial charge < -0.3 is 5.84 Å². The first kappa shape index (κ1) is 5.29. The molecule has 2 aromatic rings. The molecule has 0 atom stereocenters.